The molecule has 3 rings (SSSR count). The maximum Gasteiger partial charge on any atom is 0.423 e. The molecule has 1 saturated heterocycles. The SMILES string of the molecule is CO[C@@H]1COCC[C@@H]1Oc1nc(Nc2ccc(S(N)(=O)=O)cc2)ncc1C(F)(F)F. The standard InChI is InChI=1S/C17H19F3N4O5S/c1-27-14-9-28-7-6-13(14)29-15-12(17(18,19)20)8-22-16(24-15)23-10-2-4-11(5-3-10)30(21,25)26/h2-5,8,13-14H,6-7,9H2,1H3,(H2,21,25,26)(H,22,23,24)/t13-,14+/m0/s1. The fourth-order valence-corrected chi connectivity index (χ4v) is 3.27. The molecule has 1 aromatic carbocycles. The minimum Gasteiger partial charge on any atom is -0.471 e. The van der Waals surface area contributed by atoms with Crippen LogP contribution in [0.5, 0.6) is 5.88 Å². The molecule has 0 bridgehead atoms. The van der Waals surface area contributed by atoms with Crippen molar-refractivity contribution in [1.82, 2.24) is 9.97 Å². The first-order valence-electron chi connectivity index (χ1n) is 8.69. The number of hydrogen-bond acceptors (Lipinski definition) is 8. The van der Waals surface area contributed by atoms with Crippen molar-refractivity contribution in [1.29, 1.82) is 0 Å². The van der Waals surface area contributed by atoms with Gasteiger partial charge >= 0.3 is 6.18 Å². The second kappa shape index (κ2) is 8.71. The summed E-state index contributed by atoms with van der Waals surface area (Å²) in [7, 11) is -2.46. The zero-order chi connectivity index (χ0) is 21.9. The Bertz CT molecular complexity index is 986. The highest BCUT2D eigenvalue weighted by atomic mass is 32.2. The molecular weight excluding hydrogens is 429 g/mol. The van der Waals surface area contributed by atoms with E-state index in [1.54, 1.807) is 0 Å². The lowest BCUT2D eigenvalue weighted by atomic mass is 10.1. The van der Waals surface area contributed by atoms with Crippen LogP contribution >= 0.6 is 0 Å². The van der Waals surface area contributed by atoms with Crippen LogP contribution in [0.25, 0.3) is 0 Å². The molecule has 0 spiro atoms. The highest BCUT2D eigenvalue weighted by Crippen LogP contribution is 2.36. The lowest BCUT2D eigenvalue weighted by Crippen LogP contribution is -2.42. The van der Waals surface area contributed by atoms with Gasteiger partial charge in [-0.25, -0.2) is 18.5 Å². The molecule has 1 fully saturated rings. The smallest absolute Gasteiger partial charge is 0.423 e. The van der Waals surface area contributed by atoms with Gasteiger partial charge in [0.05, 0.1) is 18.1 Å². The average Bonchev–Trinajstić information content (AvgIpc) is 2.67. The van der Waals surface area contributed by atoms with Crippen molar-refractivity contribution < 1.29 is 35.8 Å². The number of benzene rings is 1. The summed E-state index contributed by atoms with van der Waals surface area (Å²) < 4.78 is 78.8. The van der Waals surface area contributed by atoms with E-state index in [1.165, 1.54) is 31.4 Å². The van der Waals surface area contributed by atoms with E-state index in [0.29, 0.717) is 24.9 Å². The number of hydrogen-bond donors (Lipinski definition) is 2. The molecule has 0 aliphatic carbocycles. The fraction of sp³-hybridized carbons (Fsp3) is 0.412. The highest BCUT2D eigenvalue weighted by Gasteiger charge is 2.38. The van der Waals surface area contributed by atoms with E-state index in [0.717, 1.165) is 0 Å². The summed E-state index contributed by atoms with van der Waals surface area (Å²) in [5, 5.41) is 7.74. The van der Waals surface area contributed by atoms with Gasteiger partial charge in [-0.05, 0) is 24.3 Å². The summed E-state index contributed by atoms with van der Waals surface area (Å²) in [6.45, 7) is 0.508. The maximum atomic E-state index is 13.4. The first-order chi connectivity index (χ1) is 14.1. The zero-order valence-electron chi connectivity index (χ0n) is 15.7. The molecule has 3 N–H and O–H groups in total. The van der Waals surface area contributed by atoms with Gasteiger partial charge < -0.3 is 19.5 Å². The molecule has 0 saturated carbocycles. The monoisotopic (exact) mass is 448 g/mol. The van der Waals surface area contributed by atoms with Crippen molar-refractivity contribution in [2.45, 2.75) is 29.7 Å². The quantitative estimate of drug-likeness (QED) is 0.688. The summed E-state index contributed by atoms with van der Waals surface area (Å²) in [5.74, 6) is -0.808. The molecule has 9 nitrogen and oxygen atoms in total. The third-order valence-electron chi connectivity index (χ3n) is 4.31. The molecule has 0 amide bonds. The maximum absolute atomic E-state index is 13.4. The van der Waals surface area contributed by atoms with Crippen molar-refractivity contribution in [2.75, 3.05) is 25.6 Å². The summed E-state index contributed by atoms with van der Waals surface area (Å²) in [5.41, 5.74) is -0.784. The first-order valence-corrected chi connectivity index (χ1v) is 10.2. The van der Waals surface area contributed by atoms with Gasteiger partial charge in [-0.15, -0.1) is 0 Å². The summed E-state index contributed by atoms with van der Waals surface area (Å²) >= 11 is 0. The number of halogens is 3. The molecule has 0 radical (unpaired) electrons. The normalized spacial score (nSPS) is 20.0. The third-order valence-corrected chi connectivity index (χ3v) is 5.24. The van der Waals surface area contributed by atoms with Crippen LogP contribution in [0, 0.1) is 0 Å². The van der Waals surface area contributed by atoms with E-state index in [4.69, 9.17) is 19.3 Å². The molecule has 30 heavy (non-hydrogen) atoms. The molecule has 2 aromatic rings. The number of anilines is 2. The number of nitrogens with one attached hydrogen (secondary N) is 1. The number of sulfonamides is 1. The van der Waals surface area contributed by atoms with Gasteiger partial charge in [0.25, 0.3) is 0 Å². The van der Waals surface area contributed by atoms with Gasteiger partial charge in [-0.3, -0.25) is 0 Å². The van der Waals surface area contributed by atoms with E-state index in [-0.39, 0.29) is 17.5 Å². The van der Waals surface area contributed by atoms with Crippen LogP contribution in [0.1, 0.15) is 12.0 Å². The topological polar surface area (TPSA) is 126 Å². The number of methoxy groups -OCH3 is 1. The molecule has 13 heteroatoms. The Morgan fingerprint density at radius 1 is 1.23 bits per heavy atom. The molecule has 2 atom stereocenters. The predicted octanol–water partition coefficient (Wildman–Crippen LogP) is 2.07. The summed E-state index contributed by atoms with van der Waals surface area (Å²) in [4.78, 5) is 7.43. The van der Waals surface area contributed by atoms with Crippen molar-refractivity contribution in [3.63, 3.8) is 0 Å². The minimum atomic E-state index is -4.72. The van der Waals surface area contributed by atoms with Crippen molar-refractivity contribution in [2.24, 2.45) is 5.14 Å². The van der Waals surface area contributed by atoms with Crippen LogP contribution in [0.2, 0.25) is 0 Å². The molecule has 1 aromatic heterocycles. The molecule has 164 valence electrons. The van der Waals surface area contributed by atoms with E-state index >= 15 is 0 Å². The Morgan fingerprint density at radius 3 is 2.53 bits per heavy atom. The molecule has 1 aliphatic rings. The van der Waals surface area contributed by atoms with Crippen molar-refractivity contribution in [3.05, 3.63) is 36.0 Å². The lowest BCUT2D eigenvalue weighted by Gasteiger charge is -2.31. The second-order valence-corrected chi connectivity index (χ2v) is 7.96. The second-order valence-electron chi connectivity index (χ2n) is 6.40. The third kappa shape index (κ3) is 5.36. The van der Waals surface area contributed by atoms with Crippen LogP contribution in [0.3, 0.4) is 0 Å². The van der Waals surface area contributed by atoms with Gasteiger partial charge in [0.1, 0.15) is 17.8 Å². The number of ether oxygens (including phenoxy) is 3. The molecule has 2 heterocycles. The lowest BCUT2D eigenvalue weighted by molar-refractivity contribution is -0.142. The molecule has 1 aliphatic heterocycles. The number of nitrogens with two attached hydrogens (primary N) is 1. The highest BCUT2D eigenvalue weighted by molar-refractivity contribution is 7.89. The number of aromatic nitrogens is 2. The summed E-state index contributed by atoms with van der Waals surface area (Å²) in [6, 6.07) is 5.23. The van der Waals surface area contributed by atoms with Crippen LogP contribution in [-0.2, 0) is 25.7 Å². The average molecular weight is 448 g/mol. The Labute approximate surface area is 170 Å². The molecule has 0 unspecified atom stereocenters. The number of nitrogens with zero attached hydrogens (tertiary/aromatic N) is 2. The predicted molar refractivity (Wildman–Crippen MR) is 98.8 cm³/mol. The zero-order valence-corrected chi connectivity index (χ0v) is 16.5. The van der Waals surface area contributed by atoms with E-state index in [1.807, 2.05) is 0 Å². The van der Waals surface area contributed by atoms with Gasteiger partial charge in [0.15, 0.2) is 0 Å². The van der Waals surface area contributed by atoms with Gasteiger partial charge in [-0.1, -0.05) is 0 Å². The van der Waals surface area contributed by atoms with Crippen molar-refractivity contribution >= 4 is 21.7 Å². The Balaban J connectivity index is 1.87. The fourth-order valence-electron chi connectivity index (χ4n) is 2.76. The van der Waals surface area contributed by atoms with Crippen LogP contribution in [-0.4, -0.2) is 50.9 Å². The largest absolute Gasteiger partial charge is 0.471 e. The number of rotatable bonds is 6. The summed E-state index contributed by atoms with van der Waals surface area (Å²) in [6.07, 6.45) is -5.00. The minimum absolute atomic E-state index is 0.115. The van der Waals surface area contributed by atoms with E-state index in [9.17, 15) is 21.6 Å². The Kier molecular flexibility index (Phi) is 6.45. The van der Waals surface area contributed by atoms with Crippen LogP contribution < -0.4 is 15.2 Å². The molecular formula is C17H19F3N4O5S. The van der Waals surface area contributed by atoms with Gasteiger partial charge in [-0.2, -0.15) is 18.2 Å². The van der Waals surface area contributed by atoms with Gasteiger partial charge in [0.2, 0.25) is 21.9 Å². The van der Waals surface area contributed by atoms with E-state index in [2.05, 4.69) is 15.3 Å². The van der Waals surface area contributed by atoms with E-state index < -0.39 is 39.9 Å². The Morgan fingerprint density at radius 2 is 1.93 bits per heavy atom. The number of primary sulfonamides is 1. The first kappa shape index (κ1) is 22.2. The van der Waals surface area contributed by atoms with Gasteiger partial charge in [0, 0.05) is 25.4 Å². The number of alkyl halides is 3. The van der Waals surface area contributed by atoms with Crippen LogP contribution in [0.4, 0.5) is 24.8 Å². The Hall–Kier alpha value is -2.48. The van der Waals surface area contributed by atoms with Crippen LogP contribution in [0.15, 0.2) is 35.4 Å². The van der Waals surface area contributed by atoms with Crippen molar-refractivity contribution in [3.8, 4) is 5.88 Å².